The molecule has 0 saturated heterocycles. The van der Waals surface area contributed by atoms with E-state index < -0.39 is 29.8 Å². The Morgan fingerprint density at radius 2 is 1.27 bits per heavy atom. The predicted molar refractivity (Wildman–Crippen MR) is 284 cm³/mol. The maximum atomic E-state index is 6.97. The predicted octanol–water partition coefficient (Wildman–Crippen LogP) is 10.8. The molecule has 0 amide bonds. The van der Waals surface area contributed by atoms with Gasteiger partial charge in [0.25, 0.3) is 6.33 Å². The Balaban J connectivity index is 1.09. The summed E-state index contributed by atoms with van der Waals surface area (Å²) in [5, 5.41) is 5.23. The van der Waals surface area contributed by atoms with Gasteiger partial charge < -0.3 is 0 Å². The molecule has 4 heterocycles. The monoisotopic (exact) mass is 1090 g/mol. The van der Waals surface area contributed by atoms with Crippen molar-refractivity contribution >= 4 is 82.9 Å². The number of aromatic nitrogens is 4. The minimum atomic E-state index is -2.92. The molecule has 0 spiro atoms. The standard InChI is InChI=1S/C42H35N4OSi.2C9H11.Bi/c1-42(2,3)28-22-23-43-40(24-28)46-34-15-10-9-14-32(34)33-20-18-30(25-36(33)46)47-31-19-21-38-37(26-31)45-27-44(29-12-7-6-8-13-29)35-16-11-17-39(41(35)45)48(38,4)5;2*1-7-4-8(2)6-9(3)5-7;/h6-8,10-26H,1-5H3;2*4-5H,1-3H3;. The molecule has 0 N–H and O–H groups in total. The van der Waals surface area contributed by atoms with Crippen LogP contribution in [-0.4, -0.2) is 43.9 Å². The van der Waals surface area contributed by atoms with Crippen molar-refractivity contribution in [1.29, 1.82) is 0 Å². The van der Waals surface area contributed by atoms with Crippen LogP contribution in [0.4, 0.5) is 0 Å². The van der Waals surface area contributed by atoms with Crippen molar-refractivity contribution < 1.29 is 9.30 Å². The second-order valence-electron chi connectivity index (χ2n) is 20.4. The molecule has 0 saturated carbocycles. The number of hydrogen-bond donors (Lipinski definition) is 0. The summed E-state index contributed by atoms with van der Waals surface area (Å²) in [6, 6.07) is 52.0. The fourth-order valence-electron chi connectivity index (χ4n) is 11.0. The van der Waals surface area contributed by atoms with Gasteiger partial charge in [-0.15, -0.1) is 0 Å². The molecule has 3 aromatic heterocycles. The van der Waals surface area contributed by atoms with Crippen LogP contribution >= 0.6 is 0 Å². The van der Waals surface area contributed by atoms with E-state index in [4.69, 9.17) is 9.72 Å². The van der Waals surface area contributed by atoms with Crippen molar-refractivity contribution in [2.75, 3.05) is 0 Å². The van der Waals surface area contributed by atoms with Crippen LogP contribution in [0, 0.1) is 47.9 Å². The third kappa shape index (κ3) is 7.20. The molecular weight excluding hydrogens is 1030 g/mol. The van der Waals surface area contributed by atoms with Crippen molar-refractivity contribution in [3.8, 4) is 28.7 Å². The number of aryl methyl sites for hydroxylation is 6. The second-order valence-corrected chi connectivity index (χ2v) is 32.8. The van der Waals surface area contributed by atoms with Crippen molar-refractivity contribution in [3.05, 3.63) is 191 Å². The molecule has 7 heteroatoms. The van der Waals surface area contributed by atoms with Gasteiger partial charge in [0, 0.05) is 0 Å². The Hall–Kier alpha value is -6.14. The quantitative estimate of drug-likeness (QED) is 0.0906. The number of para-hydroxylation sites is 2. The summed E-state index contributed by atoms with van der Waals surface area (Å²) >= 11 is -2.92. The molecular formula is C60H57BiN4OSi. The van der Waals surface area contributed by atoms with Gasteiger partial charge in [-0.3, -0.25) is 4.57 Å². The first-order valence-electron chi connectivity index (χ1n) is 23.5. The maximum absolute atomic E-state index is 6.97. The topological polar surface area (TPSA) is 35.9 Å². The molecule has 1 aliphatic rings. The van der Waals surface area contributed by atoms with Gasteiger partial charge >= 0.3 is 304 Å². The summed E-state index contributed by atoms with van der Waals surface area (Å²) in [5.74, 6) is 2.49. The molecule has 7 aromatic carbocycles. The van der Waals surface area contributed by atoms with Gasteiger partial charge in [0.1, 0.15) is 8.07 Å². The Bertz CT molecular complexity index is 3540. The van der Waals surface area contributed by atoms with Gasteiger partial charge in [-0.2, -0.15) is 0 Å². The van der Waals surface area contributed by atoms with Gasteiger partial charge in [-0.25, -0.2) is 0 Å². The summed E-state index contributed by atoms with van der Waals surface area (Å²) in [5.41, 5.74) is 16.3. The number of hydrogen-bond acceptors (Lipinski definition) is 2. The zero-order valence-corrected chi connectivity index (χ0v) is 45.0. The van der Waals surface area contributed by atoms with E-state index in [1.165, 1.54) is 68.9 Å². The number of pyridine rings is 1. The average molecular weight is 1090 g/mol. The van der Waals surface area contributed by atoms with Crippen molar-refractivity contribution in [1.82, 2.24) is 14.1 Å². The zero-order valence-electron chi connectivity index (χ0n) is 40.5. The van der Waals surface area contributed by atoms with E-state index in [1.54, 1.807) is 6.54 Å². The summed E-state index contributed by atoms with van der Waals surface area (Å²) in [6.07, 6.45) is 5.72. The van der Waals surface area contributed by atoms with E-state index in [0.29, 0.717) is 0 Å². The van der Waals surface area contributed by atoms with E-state index in [2.05, 4.69) is 235 Å². The number of imidazole rings is 1. The second kappa shape index (κ2) is 16.0. The Kier molecular flexibility index (Phi) is 10.4. The van der Waals surface area contributed by atoms with E-state index in [1.807, 2.05) is 6.20 Å². The molecule has 0 bridgehead atoms. The van der Waals surface area contributed by atoms with Gasteiger partial charge in [0.05, 0.1) is 16.7 Å². The normalized spacial score (nSPS) is 13.3. The van der Waals surface area contributed by atoms with Crippen LogP contribution in [0.25, 0.3) is 50.0 Å². The molecule has 1 aliphatic heterocycles. The van der Waals surface area contributed by atoms with E-state index >= 15 is 0 Å². The third-order valence-corrected chi connectivity index (χ3v) is 29.6. The Morgan fingerprint density at radius 3 is 1.94 bits per heavy atom. The molecule has 5 nitrogen and oxygen atoms in total. The molecule has 0 aliphatic carbocycles. The minimum absolute atomic E-state index is 0.0414. The Labute approximate surface area is 404 Å². The summed E-state index contributed by atoms with van der Waals surface area (Å²) in [6.45, 7) is 25.5. The molecule has 0 radical (unpaired) electrons. The number of ether oxygens (including phenoxy) is 1. The number of benzene rings is 7. The Morgan fingerprint density at radius 1 is 0.612 bits per heavy atom. The summed E-state index contributed by atoms with van der Waals surface area (Å²) in [7, 11) is -2.07. The number of nitrogens with zero attached hydrogens (tertiary/aromatic N) is 4. The van der Waals surface area contributed by atoms with Crippen LogP contribution in [0.5, 0.6) is 11.5 Å². The fraction of sp³-hybridized carbons (Fsp3) is 0.200. The molecule has 10 aromatic rings. The van der Waals surface area contributed by atoms with E-state index in [9.17, 15) is 0 Å². The van der Waals surface area contributed by atoms with Crippen LogP contribution in [0.2, 0.25) is 13.1 Å². The third-order valence-electron chi connectivity index (χ3n) is 14.0. The molecule has 0 unspecified atom stereocenters. The molecule has 67 heavy (non-hydrogen) atoms. The van der Waals surface area contributed by atoms with Crippen LogP contribution in [0.1, 0.15) is 59.7 Å². The summed E-state index contributed by atoms with van der Waals surface area (Å²) < 4.78 is 18.4. The molecule has 0 fully saturated rings. The zero-order chi connectivity index (χ0) is 46.7. The van der Waals surface area contributed by atoms with Crippen LogP contribution < -0.4 is 29.5 Å². The number of rotatable bonds is 7. The van der Waals surface area contributed by atoms with Crippen molar-refractivity contribution in [2.45, 2.75) is 80.8 Å². The van der Waals surface area contributed by atoms with Gasteiger partial charge in [-0.05, 0) is 17.3 Å². The SMILES string of the molecule is Cc1cc(C)[c]([Bi]([c]2ccc3c(c2)c2ccc(Oc4ccc5c(c4)-n4[c-][n+](-c6ccccc6)c6cccc(c64)[Si]5(C)C)cc2n3-c2cc(C(C)(C)C)ccn2)[c]2c(C)cc(C)cc2C)c(C)c1. The first kappa shape index (κ1) is 43.4. The summed E-state index contributed by atoms with van der Waals surface area (Å²) in [4.78, 5) is 5.08. The van der Waals surface area contributed by atoms with Gasteiger partial charge in [-0.1, -0.05) is 49.5 Å². The van der Waals surface area contributed by atoms with Crippen molar-refractivity contribution in [2.24, 2.45) is 0 Å². The van der Waals surface area contributed by atoms with E-state index in [-0.39, 0.29) is 5.41 Å². The van der Waals surface area contributed by atoms with E-state index in [0.717, 1.165) is 45.2 Å². The fourth-order valence-corrected chi connectivity index (χ4v) is 25.2. The van der Waals surface area contributed by atoms with Crippen LogP contribution in [-0.2, 0) is 5.41 Å². The van der Waals surface area contributed by atoms with Crippen LogP contribution in [0.15, 0.2) is 146 Å². The van der Waals surface area contributed by atoms with Crippen molar-refractivity contribution in [3.63, 3.8) is 0 Å². The number of fused-ring (bicyclic) bond motifs is 5. The molecule has 11 rings (SSSR count). The van der Waals surface area contributed by atoms with Gasteiger partial charge in [0.15, 0.2) is 0 Å². The van der Waals surface area contributed by atoms with Gasteiger partial charge in [0.2, 0.25) is 0 Å². The average Bonchev–Trinajstić information content (AvgIpc) is 3.83. The molecule has 0 atom stereocenters. The first-order valence-corrected chi connectivity index (χ1v) is 31.7. The molecule has 332 valence electrons. The van der Waals surface area contributed by atoms with Crippen LogP contribution in [0.3, 0.4) is 0 Å². The first-order chi connectivity index (χ1) is 32.1.